The maximum Gasteiger partial charge on any atom is 0.196 e. The van der Waals surface area contributed by atoms with Crippen LogP contribution in [0.5, 0.6) is 5.75 Å². The van der Waals surface area contributed by atoms with Gasteiger partial charge >= 0.3 is 0 Å². The smallest absolute Gasteiger partial charge is 0.196 e. The van der Waals surface area contributed by atoms with Crippen LogP contribution in [0.15, 0.2) is 16.7 Å². The number of anilines is 1. The van der Waals surface area contributed by atoms with Crippen LogP contribution in [0.2, 0.25) is 0 Å². The Morgan fingerprint density at radius 3 is 3.18 bits per heavy atom. The predicted molar refractivity (Wildman–Crippen MR) is 45.1 cm³/mol. The third-order valence-corrected chi connectivity index (χ3v) is 2.43. The number of hydrogen-bond donors (Lipinski definition) is 1. The van der Waals surface area contributed by atoms with Gasteiger partial charge in [-0.2, -0.15) is 0 Å². The number of ether oxygens (including phenoxy) is 1. The fourth-order valence-electron chi connectivity index (χ4n) is 1.01. The number of furan rings is 1. The number of nitrogens with two attached hydrogens (primary N) is 1. The summed E-state index contributed by atoms with van der Waals surface area (Å²) >= 11 is 1.47. The quantitative estimate of drug-likeness (QED) is 0.711. The van der Waals surface area contributed by atoms with Crippen molar-refractivity contribution in [3.05, 3.63) is 12.3 Å². The molecule has 0 atom stereocenters. The van der Waals surface area contributed by atoms with Crippen LogP contribution in [0, 0.1) is 0 Å². The van der Waals surface area contributed by atoms with Crippen molar-refractivity contribution in [2.24, 2.45) is 0 Å². The SMILES string of the molecule is COc1c(N)sc2ccoc12. The van der Waals surface area contributed by atoms with E-state index in [0.717, 1.165) is 10.3 Å². The summed E-state index contributed by atoms with van der Waals surface area (Å²) < 4.78 is 11.2. The van der Waals surface area contributed by atoms with Gasteiger partial charge in [0.15, 0.2) is 11.3 Å². The molecule has 0 aromatic carbocycles. The molecule has 58 valence electrons. The van der Waals surface area contributed by atoms with Crippen LogP contribution in [-0.4, -0.2) is 7.11 Å². The second-order valence-corrected chi connectivity index (χ2v) is 3.20. The molecule has 11 heavy (non-hydrogen) atoms. The monoisotopic (exact) mass is 169 g/mol. The van der Waals surface area contributed by atoms with Gasteiger partial charge < -0.3 is 14.9 Å². The van der Waals surface area contributed by atoms with Crippen molar-refractivity contribution >= 4 is 26.6 Å². The lowest BCUT2D eigenvalue weighted by Gasteiger charge is -1.94. The average molecular weight is 169 g/mol. The molecule has 2 heterocycles. The van der Waals surface area contributed by atoms with E-state index in [9.17, 15) is 0 Å². The molecule has 2 aromatic heterocycles. The van der Waals surface area contributed by atoms with Crippen molar-refractivity contribution in [2.75, 3.05) is 12.8 Å². The third-order valence-electron chi connectivity index (χ3n) is 1.48. The Kier molecular flexibility index (Phi) is 1.29. The number of hydrogen-bond acceptors (Lipinski definition) is 4. The number of nitrogen functional groups attached to an aromatic ring is 1. The zero-order valence-electron chi connectivity index (χ0n) is 5.96. The van der Waals surface area contributed by atoms with Crippen LogP contribution >= 0.6 is 11.3 Å². The van der Waals surface area contributed by atoms with Gasteiger partial charge in [0.1, 0.15) is 5.00 Å². The molecule has 0 radical (unpaired) electrons. The standard InChI is InChI=1S/C7H7NO2S/c1-9-6-5-4(2-3-10-5)11-7(6)8/h2-3H,8H2,1H3. The summed E-state index contributed by atoms with van der Waals surface area (Å²) in [6.45, 7) is 0. The highest BCUT2D eigenvalue weighted by molar-refractivity contribution is 7.23. The van der Waals surface area contributed by atoms with Crippen LogP contribution in [0.1, 0.15) is 0 Å². The average Bonchev–Trinajstić information content (AvgIpc) is 2.46. The molecule has 0 amide bonds. The summed E-state index contributed by atoms with van der Waals surface area (Å²) in [5.41, 5.74) is 6.39. The Morgan fingerprint density at radius 1 is 1.64 bits per heavy atom. The van der Waals surface area contributed by atoms with Crippen molar-refractivity contribution < 1.29 is 9.15 Å². The molecule has 0 aliphatic carbocycles. The van der Waals surface area contributed by atoms with Gasteiger partial charge in [0.05, 0.1) is 18.1 Å². The molecule has 4 heteroatoms. The van der Waals surface area contributed by atoms with Crippen molar-refractivity contribution in [1.82, 2.24) is 0 Å². The maximum absolute atomic E-state index is 5.64. The minimum Gasteiger partial charge on any atom is -0.490 e. The first-order chi connectivity index (χ1) is 5.33. The molecule has 0 saturated heterocycles. The Labute approximate surface area is 67.4 Å². The molecule has 0 spiro atoms. The molecule has 0 fully saturated rings. The van der Waals surface area contributed by atoms with Crippen LogP contribution in [0.3, 0.4) is 0 Å². The van der Waals surface area contributed by atoms with E-state index in [-0.39, 0.29) is 0 Å². The number of thiophene rings is 1. The van der Waals surface area contributed by atoms with E-state index in [0.29, 0.717) is 10.8 Å². The van der Waals surface area contributed by atoms with Gasteiger partial charge in [-0.3, -0.25) is 0 Å². The highest BCUT2D eigenvalue weighted by atomic mass is 32.1. The molecule has 0 aliphatic heterocycles. The molecule has 0 unspecified atom stereocenters. The van der Waals surface area contributed by atoms with Crippen molar-refractivity contribution in [3.8, 4) is 5.75 Å². The topological polar surface area (TPSA) is 48.4 Å². The molecule has 0 saturated carbocycles. The first kappa shape index (κ1) is 6.54. The molecular weight excluding hydrogens is 162 g/mol. The lowest BCUT2D eigenvalue weighted by molar-refractivity contribution is 0.414. The van der Waals surface area contributed by atoms with Gasteiger partial charge in [-0.25, -0.2) is 0 Å². The van der Waals surface area contributed by atoms with Gasteiger partial charge in [-0.15, -0.1) is 11.3 Å². The van der Waals surface area contributed by atoms with E-state index in [2.05, 4.69) is 0 Å². The molecule has 2 rings (SSSR count). The summed E-state index contributed by atoms with van der Waals surface area (Å²) in [7, 11) is 1.58. The van der Waals surface area contributed by atoms with Gasteiger partial charge in [0, 0.05) is 0 Å². The number of methoxy groups -OCH3 is 1. The van der Waals surface area contributed by atoms with Crippen LogP contribution < -0.4 is 10.5 Å². The van der Waals surface area contributed by atoms with Gasteiger partial charge in [0.2, 0.25) is 0 Å². The zero-order valence-corrected chi connectivity index (χ0v) is 6.77. The van der Waals surface area contributed by atoms with E-state index in [1.807, 2.05) is 6.07 Å². The summed E-state index contributed by atoms with van der Waals surface area (Å²) in [6.07, 6.45) is 1.63. The molecule has 0 aliphatic rings. The van der Waals surface area contributed by atoms with Crippen LogP contribution in [-0.2, 0) is 0 Å². The fourth-order valence-corrected chi connectivity index (χ4v) is 1.88. The minimum atomic E-state index is 0.648. The highest BCUT2D eigenvalue weighted by Gasteiger charge is 2.11. The summed E-state index contributed by atoms with van der Waals surface area (Å²) in [4.78, 5) is 0. The highest BCUT2D eigenvalue weighted by Crippen LogP contribution is 2.40. The Bertz CT molecular complexity index is 377. The number of fused-ring (bicyclic) bond motifs is 1. The van der Waals surface area contributed by atoms with E-state index < -0.39 is 0 Å². The lowest BCUT2D eigenvalue weighted by Crippen LogP contribution is -1.85. The lowest BCUT2D eigenvalue weighted by atomic mass is 10.5. The van der Waals surface area contributed by atoms with Crippen LogP contribution in [0.4, 0.5) is 5.00 Å². The maximum atomic E-state index is 5.64. The van der Waals surface area contributed by atoms with Crippen molar-refractivity contribution in [1.29, 1.82) is 0 Å². The molecule has 3 nitrogen and oxygen atoms in total. The van der Waals surface area contributed by atoms with Crippen molar-refractivity contribution in [3.63, 3.8) is 0 Å². The second kappa shape index (κ2) is 2.17. The van der Waals surface area contributed by atoms with E-state index >= 15 is 0 Å². The van der Waals surface area contributed by atoms with E-state index in [1.165, 1.54) is 11.3 Å². The van der Waals surface area contributed by atoms with E-state index in [1.54, 1.807) is 13.4 Å². The fraction of sp³-hybridized carbons (Fsp3) is 0.143. The predicted octanol–water partition coefficient (Wildman–Crippen LogP) is 2.09. The zero-order chi connectivity index (χ0) is 7.84. The molecular formula is C7H7NO2S. The Hall–Kier alpha value is -1.16. The number of rotatable bonds is 1. The van der Waals surface area contributed by atoms with Gasteiger partial charge in [0.25, 0.3) is 0 Å². The van der Waals surface area contributed by atoms with Crippen molar-refractivity contribution in [2.45, 2.75) is 0 Å². The van der Waals surface area contributed by atoms with Gasteiger partial charge in [-0.1, -0.05) is 0 Å². The summed E-state index contributed by atoms with van der Waals surface area (Å²) in [6, 6.07) is 1.87. The largest absolute Gasteiger partial charge is 0.490 e. The third kappa shape index (κ3) is 0.793. The summed E-state index contributed by atoms with van der Waals surface area (Å²) in [5, 5.41) is 0.668. The Morgan fingerprint density at radius 2 is 2.45 bits per heavy atom. The molecule has 0 bridgehead atoms. The first-order valence-electron chi connectivity index (χ1n) is 3.12. The first-order valence-corrected chi connectivity index (χ1v) is 3.94. The molecule has 2 N–H and O–H groups in total. The van der Waals surface area contributed by atoms with E-state index in [4.69, 9.17) is 14.9 Å². The Balaban J connectivity index is 2.80. The normalized spacial score (nSPS) is 10.6. The van der Waals surface area contributed by atoms with Gasteiger partial charge in [-0.05, 0) is 6.07 Å². The second-order valence-electron chi connectivity index (χ2n) is 2.11. The minimum absolute atomic E-state index is 0.648. The summed E-state index contributed by atoms with van der Waals surface area (Å²) in [5.74, 6) is 0.648. The molecule has 2 aromatic rings. The van der Waals surface area contributed by atoms with Crippen LogP contribution in [0.25, 0.3) is 10.3 Å².